The molecule has 2 rings (SSSR count). The second kappa shape index (κ2) is 7.35. The van der Waals surface area contributed by atoms with E-state index in [1.807, 2.05) is 12.1 Å². The highest BCUT2D eigenvalue weighted by Gasteiger charge is 2.31. The molecular weight excluding hydrogens is 431 g/mol. The molecule has 8 heteroatoms. The maximum Gasteiger partial charge on any atom is 0.337 e. The molecule has 0 fully saturated rings. The lowest BCUT2D eigenvalue weighted by molar-refractivity contribution is -0.136. The van der Waals surface area contributed by atoms with E-state index < -0.39 is 12.0 Å². The minimum absolute atomic E-state index is 0.417. The number of carbonyl (C=O) groups excluding carboxylic acids is 1. The van der Waals surface area contributed by atoms with E-state index in [1.165, 1.54) is 7.11 Å². The maximum absolute atomic E-state index is 12.2. The van der Waals surface area contributed by atoms with Gasteiger partial charge in [-0.3, -0.25) is 0 Å². The normalized spacial score (nSPS) is 17.3. The fraction of sp³-hybridized carbons (Fsp3) is 0.333. The summed E-state index contributed by atoms with van der Waals surface area (Å²) in [6.07, 6.45) is 0. The second-order valence-corrected chi connectivity index (χ2v) is 6.37. The van der Waals surface area contributed by atoms with Gasteiger partial charge in [0.15, 0.2) is 16.6 Å². The lowest BCUT2D eigenvalue weighted by atomic mass is 9.95. The summed E-state index contributed by atoms with van der Waals surface area (Å²) in [5, 5.41) is 6.51. The van der Waals surface area contributed by atoms with Gasteiger partial charge >= 0.3 is 5.97 Å². The van der Waals surface area contributed by atoms with Crippen molar-refractivity contribution in [3.05, 3.63) is 32.5 Å². The summed E-state index contributed by atoms with van der Waals surface area (Å²) < 4.78 is 16.5. The van der Waals surface area contributed by atoms with E-state index in [9.17, 15) is 4.79 Å². The molecule has 23 heavy (non-hydrogen) atoms. The number of esters is 1. The average molecular weight is 448 g/mol. The largest absolute Gasteiger partial charge is 0.493 e. The first-order chi connectivity index (χ1) is 10.9. The lowest BCUT2D eigenvalue weighted by Crippen LogP contribution is -2.45. The molecule has 0 spiro atoms. The summed E-state index contributed by atoms with van der Waals surface area (Å²) in [4.78, 5) is 12.2. The topological polar surface area (TPSA) is 68.8 Å². The molecule has 2 N–H and O–H groups in total. The number of carbonyl (C=O) groups is 1. The number of hydrogen-bond acceptors (Lipinski definition) is 5. The smallest absolute Gasteiger partial charge is 0.337 e. The van der Waals surface area contributed by atoms with Crippen LogP contribution in [0.3, 0.4) is 0 Å². The molecule has 0 unspecified atom stereocenters. The Morgan fingerprint density at radius 1 is 1.26 bits per heavy atom. The SMILES string of the molecule is COC(=O)C1=C(C)NC(=S)N[C@@H]1c1cc(I)c(OC)c(OC)c1. The summed E-state index contributed by atoms with van der Waals surface area (Å²) in [5.74, 6) is 0.816. The van der Waals surface area contributed by atoms with Gasteiger partial charge in [-0.1, -0.05) is 0 Å². The molecule has 6 nitrogen and oxygen atoms in total. The second-order valence-electron chi connectivity index (χ2n) is 4.80. The third kappa shape index (κ3) is 3.52. The van der Waals surface area contributed by atoms with Crippen LogP contribution in [-0.2, 0) is 9.53 Å². The van der Waals surface area contributed by atoms with Gasteiger partial charge in [0.1, 0.15) is 0 Å². The van der Waals surface area contributed by atoms with Crippen LogP contribution >= 0.6 is 34.8 Å². The van der Waals surface area contributed by atoms with Crippen LogP contribution in [0.2, 0.25) is 0 Å². The van der Waals surface area contributed by atoms with Crippen molar-refractivity contribution in [2.75, 3.05) is 21.3 Å². The Morgan fingerprint density at radius 2 is 1.96 bits per heavy atom. The van der Waals surface area contributed by atoms with Gasteiger partial charge in [0.2, 0.25) is 0 Å². The molecule has 124 valence electrons. The molecule has 0 bridgehead atoms. The zero-order chi connectivity index (χ0) is 17.1. The van der Waals surface area contributed by atoms with Gasteiger partial charge in [0, 0.05) is 5.70 Å². The number of rotatable bonds is 4. The van der Waals surface area contributed by atoms with Gasteiger partial charge in [-0.05, 0) is 59.4 Å². The van der Waals surface area contributed by atoms with Gasteiger partial charge in [0.05, 0.1) is 36.5 Å². The highest BCUT2D eigenvalue weighted by atomic mass is 127. The van der Waals surface area contributed by atoms with Crippen LogP contribution in [0.1, 0.15) is 18.5 Å². The van der Waals surface area contributed by atoms with E-state index in [0.29, 0.717) is 27.9 Å². The third-order valence-corrected chi connectivity index (χ3v) is 4.48. The van der Waals surface area contributed by atoms with E-state index in [0.717, 1.165) is 9.13 Å². The van der Waals surface area contributed by atoms with Crippen LogP contribution in [0.15, 0.2) is 23.4 Å². The van der Waals surface area contributed by atoms with Crippen LogP contribution in [0.25, 0.3) is 0 Å². The van der Waals surface area contributed by atoms with Gasteiger partial charge in [0.25, 0.3) is 0 Å². The lowest BCUT2D eigenvalue weighted by Gasteiger charge is -2.30. The molecule has 1 aliphatic heterocycles. The number of benzene rings is 1. The quantitative estimate of drug-likeness (QED) is 0.416. The van der Waals surface area contributed by atoms with E-state index in [4.69, 9.17) is 26.4 Å². The van der Waals surface area contributed by atoms with Crippen LogP contribution < -0.4 is 20.1 Å². The Kier molecular flexibility index (Phi) is 5.69. The molecule has 1 atom stereocenters. The minimum Gasteiger partial charge on any atom is -0.493 e. The fourth-order valence-electron chi connectivity index (χ4n) is 2.43. The first kappa shape index (κ1) is 17.8. The molecule has 1 heterocycles. The monoisotopic (exact) mass is 448 g/mol. The highest BCUT2D eigenvalue weighted by molar-refractivity contribution is 14.1. The number of nitrogens with one attached hydrogen (secondary N) is 2. The maximum atomic E-state index is 12.2. The average Bonchev–Trinajstić information content (AvgIpc) is 2.52. The van der Waals surface area contributed by atoms with Crippen molar-refractivity contribution in [1.29, 1.82) is 0 Å². The van der Waals surface area contributed by atoms with Gasteiger partial charge < -0.3 is 24.8 Å². The molecule has 1 aromatic carbocycles. The van der Waals surface area contributed by atoms with Crippen molar-refractivity contribution in [3.8, 4) is 11.5 Å². The molecule has 0 saturated heterocycles. The number of halogens is 1. The number of thiocarbonyl (C=S) groups is 1. The van der Waals surface area contributed by atoms with E-state index in [1.54, 1.807) is 21.1 Å². The molecule has 0 saturated carbocycles. The standard InChI is InChI=1S/C15H17IN2O4S/c1-7-11(14(19)22-4)12(18-15(23)17-7)8-5-9(16)13(21-3)10(6-8)20-2/h5-6,12H,1-4H3,(H2,17,18,23)/t12-/m1/s1. The van der Waals surface area contributed by atoms with Crippen LogP contribution in [-0.4, -0.2) is 32.4 Å². The van der Waals surface area contributed by atoms with E-state index in [-0.39, 0.29) is 0 Å². The van der Waals surface area contributed by atoms with Crippen LogP contribution in [0.4, 0.5) is 0 Å². The Labute approximate surface area is 153 Å². The highest BCUT2D eigenvalue weighted by Crippen LogP contribution is 2.37. The zero-order valence-electron chi connectivity index (χ0n) is 13.2. The Hall–Kier alpha value is -1.55. The Bertz CT molecular complexity index is 690. The summed E-state index contributed by atoms with van der Waals surface area (Å²) in [6, 6.07) is 3.32. The number of hydrogen-bond donors (Lipinski definition) is 2. The predicted molar refractivity (Wildman–Crippen MR) is 98.6 cm³/mol. The van der Waals surface area contributed by atoms with Crippen molar-refractivity contribution in [2.45, 2.75) is 13.0 Å². The van der Waals surface area contributed by atoms with Crippen LogP contribution in [0, 0.1) is 3.57 Å². The third-order valence-electron chi connectivity index (χ3n) is 3.46. The molecule has 0 aromatic heterocycles. The van der Waals surface area contributed by atoms with Crippen molar-refractivity contribution in [2.24, 2.45) is 0 Å². The summed E-state index contributed by atoms with van der Waals surface area (Å²) >= 11 is 7.37. The summed E-state index contributed by atoms with van der Waals surface area (Å²) in [5.41, 5.74) is 1.97. The first-order valence-electron chi connectivity index (χ1n) is 6.71. The Balaban J connectivity index is 2.58. The van der Waals surface area contributed by atoms with Crippen molar-refractivity contribution in [3.63, 3.8) is 0 Å². The molecule has 0 radical (unpaired) electrons. The van der Waals surface area contributed by atoms with Crippen molar-refractivity contribution in [1.82, 2.24) is 10.6 Å². The van der Waals surface area contributed by atoms with Gasteiger partial charge in [-0.2, -0.15) is 0 Å². The number of methoxy groups -OCH3 is 3. The van der Waals surface area contributed by atoms with Gasteiger partial charge in [-0.25, -0.2) is 4.79 Å². The predicted octanol–water partition coefficient (Wildman–Crippen LogP) is 2.27. The molecule has 0 aliphatic carbocycles. The first-order valence-corrected chi connectivity index (χ1v) is 8.19. The van der Waals surface area contributed by atoms with Crippen LogP contribution in [0.5, 0.6) is 11.5 Å². The Morgan fingerprint density at radius 3 is 2.52 bits per heavy atom. The molecule has 1 aliphatic rings. The molecular formula is C15H17IN2O4S. The summed E-state index contributed by atoms with van der Waals surface area (Å²) in [7, 11) is 4.51. The number of ether oxygens (including phenoxy) is 3. The van der Waals surface area contributed by atoms with Gasteiger partial charge in [-0.15, -0.1) is 0 Å². The zero-order valence-corrected chi connectivity index (χ0v) is 16.1. The fourth-order valence-corrected chi connectivity index (χ4v) is 3.55. The molecule has 1 aromatic rings. The molecule has 0 amide bonds. The van der Waals surface area contributed by atoms with E-state index in [2.05, 4.69) is 33.2 Å². The van der Waals surface area contributed by atoms with Crippen molar-refractivity contribution >= 4 is 45.9 Å². The summed E-state index contributed by atoms with van der Waals surface area (Å²) in [6.45, 7) is 1.79. The number of allylic oxidation sites excluding steroid dienone is 1. The minimum atomic E-state index is -0.426. The van der Waals surface area contributed by atoms with E-state index >= 15 is 0 Å². The van der Waals surface area contributed by atoms with Crippen molar-refractivity contribution < 1.29 is 19.0 Å².